The topological polar surface area (TPSA) is 42.0 Å². The van der Waals surface area contributed by atoms with Gasteiger partial charge in [0.1, 0.15) is 11.3 Å². The lowest BCUT2D eigenvalue weighted by atomic mass is 9.76. The van der Waals surface area contributed by atoms with Gasteiger partial charge in [-0.15, -0.1) is 0 Å². The predicted octanol–water partition coefficient (Wildman–Crippen LogP) is 5.92. The Kier molecular flexibility index (Phi) is 5.78. The van der Waals surface area contributed by atoms with Crippen LogP contribution in [0.5, 0.6) is 0 Å². The van der Waals surface area contributed by atoms with Crippen molar-refractivity contribution in [1.82, 2.24) is 4.98 Å². The number of hydrogen-bond donors (Lipinski definition) is 1. The van der Waals surface area contributed by atoms with E-state index in [0.29, 0.717) is 28.9 Å². The molecule has 0 spiro atoms. The fourth-order valence-corrected chi connectivity index (χ4v) is 3.91. The summed E-state index contributed by atoms with van der Waals surface area (Å²) < 4.78 is 14.0. The Morgan fingerprint density at radius 1 is 1.14 bits per heavy atom. The van der Waals surface area contributed by atoms with E-state index in [9.17, 15) is 9.18 Å². The van der Waals surface area contributed by atoms with Gasteiger partial charge in [0.2, 0.25) is 5.91 Å². The van der Waals surface area contributed by atoms with E-state index in [1.807, 2.05) is 38.1 Å². The highest BCUT2D eigenvalue weighted by molar-refractivity contribution is 5.98. The van der Waals surface area contributed by atoms with Crippen LogP contribution in [0.3, 0.4) is 0 Å². The van der Waals surface area contributed by atoms with E-state index in [0.717, 1.165) is 17.5 Å². The van der Waals surface area contributed by atoms with E-state index in [-0.39, 0.29) is 11.7 Å². The molecule has 0 saturated heterocycles. The molecule has 1 unspecified atom stereocenters. The largest absolute Gasteiger partial charge is 0.324 e. The molecule has 146 valence electrons. The number of nitrogens with zero attached hydrogens (tertiary/aromatic N) is 1. The molecule has 3 rings (SSSR count). The molecule has 2 aromatic carbocycles. The molecule has 4 heteroatoms. The van der Waals surface area contributed by atoms with Crippen molar-refractivity contribution in [3.8, 4) is 0 Å². The van der Waals surface area contributed by atoms with Gasteiger partial charge in [-0.2, -0.15) is 0 Å². The number of halogens is 1. The van der Waals surface area contributed by atoms with Crippen LogP contribution in [0.15, 0.2) is 54.7 Å². The number of aryl methyl sites for hydroxylation is 1. The Balaban J connectivity index is 1.91. The SMILES string of the molecule is Cc1c(NC(=O)C(C)(Cc2ccccc2)CC(C)C)cnc2c(F)cccc12. The Hall–Kier alpha value is -2.75. The van der Waals surface area contributed by atoms with Gasteiger partial charge in [-0.05, 0) is 42.9 Å². The van der Waals surface area contributed by atoms with Gasteiger partial charge < -0.3 is 5.32 Å². The molecule has 1 N–H and O–H groups in total. The molecular weight excluding hydrogens is 351 g/mol. The predicted molar refractivity (Wildman–Crippen MR) is 113 cm³/mol. The quantitative estimate of drug-likeness (QED) is 0.579. The number of anilines is 1. The normalized spacial score (nSPS) is 13.5. The summed E-state index contributed by atoms with van der Waals surface area (Å²) >= 11 is 0. The van der Waals surface area contributed by atoms with Gasteiger partial charge in [0, 0.05) is 5.39 Å². The summed E-state index contributed by atoms with van der Waals surface area (Å²) in [4.78, 5) is 17.5. The van der Waals surface area contributed by atoms with Crippen LogP contribution >= 0.6 is 0 Å². The Morgan fingerprint density at radius 3 is 2.54 bits per heavy atom. The fourth-order valence-electron chi connectivity index (χ4n) is 3.91. The number of fused-ring (bicyclic) bond motifs is 1. The molecule has 1 heterocycles. The van der Waals surface area contributed by atoms with Gasteiger partial charge in [0.25, 0.3) is 0 Å². The Morgan fingerprint density at radius 2 is 1.86 bits per heavy atom. The maximum absolute atomic E-state index is 14.0. The smallest absolute Gasteiger partial charge is 0.230 e. The zero-order valence-electron chi connectivity index (χ0n) is 16.9. The van der Waals surface area contributed by atoms with Crippen molar-refractivity contribution in [3.63, 3.8) is 0 Å². The minimum atomic E-state index is -0.557. The van der Waals surface area contributed by atoms with Gasteiger partial charge in [-0.1, -0.05) is 63.2 Å². The van der Waals surface area contributed by atoms with E-state index in [4.69, 9.17) is 0 Å². The van der Waals surface area contributed by atoms with Crippen LogP contribution in [-0.4, -0.2) is 10.9 Å². The first-order valence-electron chi connectivity index (χ1n) is 9.69. The molecule has 1 amide bonds. The van der Waals surface area contributed by atoms with Crippen molar-refractivity contribution >= 4 is 22.5 Å². The van der Waals surface area contributed by atoms with Crippen molar-refractivity contribution < 1.29 is 9.18 Å². The lowest BCUT2D eigenvalue weighted by molar-refractivity contribution is -0.125. The standard InChI is InChI=1S/C24H27FN2O/c1-16(2)13-24(4,14-18-9-6-5-7-10-18)23(28)27-21-15-26-22-19(17(21)3)11-8-12-20(22)25/h5-12,15-16H,13-14H2,1-4H3,(H,27,28). The molecular formula is C24H27FN2O. The minimum Gasteiger partial charge on any atom is -0.324 e. The molecule has 0 saturated carbocycles. The second-order valence-corrected chi connectivity index (χ2v) is 8.21. The van der Waals surface area contributed by atoms with Crippen LogP contribution in [0, 0.1) is 24.1 Å². The van der Waals surface area contributed by atoms with Gasteiger partial charge >= 0.3 is 0 Å². The molecule has 0 aliphatic heterocycles. The third-order valence-electron chi connectivity index (χ3n) is 5.21. The second-order valence-electron chi connectivity index (χ2n) is 8.21. The van der Waals surface area contributed by atoms with Crippen molar-refractivity contribution in [1.29, 1.82) is 0 Å². The highest BCUT2D eigenvalue weighted by atomic mass is 19.1. The number of hydrogen-bond acceptors (Lipinski definition) is 2. The summed E-state index contributed by atoms with van der Waals surface area (Å²) in [6.07, 6.45) is 2.98. The number of carbonyl (C=O) groups excluding carboxylic acids is 1. The molecule has 1 aromatic heterocycles. The van der Waals surface area contributed by atoms with E-state index < -0.39 is 5.41 Å². The van der Waals surface area contributed by atoms with Gasteiger partial charge in [0.15, 0.2) is 0 Å². The summed E-state index contributed by atoms with van der Waals surface area (Å²) in [6.45, 7) is 8.15. The first kappa shape index (κ1) is 20.0. The molecule has 0 aliphatic rings. The van der Waals surface area contributed by atoms with Gasteiger partial charge in [-0.25, -0.2) is 4.39 Å². The summed E-state index contributed by atoms with van der Waals surface area (Å²) in [6, 6.07) is 15.0. The maximum Gasteiger partial charge on any atom is 0.230 e. The van der Waals surface area contributed by atoms with Crippen molar-refractivity contribution in [3.05, 3.63) is 71.7 Å². The van der Waals surface area contributed by atoms with Crippen molar-refractivity contribution in [2.45, 2.75) is 40.5 Å². The van der Waals surface area contributed by atoms with Crippen LogP contribution in [0.1, 0.15) is 38.3 Å². The molecule has 0 bridgehead atoms. The lowest BCUT2D eigenvalue weighted by Crippen LogP contribution is -2.37. The number of pyridine rings is 1. The lowest BCUT2D eigenvalue weighted by Gasteiger charge is -2.30. The highest BCUT2D eigenvalue weighted by Gasteiger charge is 2.34. The second kappa shape index (κ2) is 8.09. The maximum atomic E-state index is 14.0. The summed E-state index contributed by atoms with van der Waals surface area (Å²) in [5.74, 6) is -0.0118. The van der Waals surface area contributed by atoms with E-state index in [2.05, 4.69) is 36.3 Å². The average molecular weight is 378 g/mol. The van der Waals surface area contributed by atoms with E-state index in [1.165, 1.54) is 6.07 Å². The third kappa shape index (κ3) is 4.22. The molecule has 0 aliphatic carbocycles. The van der Waals surface area contributed by atoms with E-state index >= 15 is 0 Å². The molecule has 3 nitrogen and oxygen atoms in total. The number of nitrogens with one attached hydrogen (secondary N) is 1. The van der Waals surface area contributed by atoms with Crippen molar-refractivity contribution in [2.24, 2.45) is 11.3 Å². The monoisotopic (exact) mass is 378 g/mol. The number of aromatic nitrogens is 1. The zero-order valence-corrected chi connectivity index (χ0v) is 16.9. The minimum absolute atomic E-state index is 0.0364. The van der Waals surface area contributed by atoms with Gasteiger partial charge in [-0.3, -0.25) is 9.78 Å². The fraction of sp³-hybridized carbons (Fsp3) is 0.333. The molecule has 1 atom stereocenters. The Labute approximate surface area is 166 Å². The van der Waals surface area contributed by atoms with Crippen LogP contribution in [0.25, 0.3) is 10.9 Å². The average Bonchev–Trinajstić information content (AvgIpc) is 2.64. The number of rotatable bonds is 6. The van der Waals surface area contributed by atoms with Gasteiger partial charge in [0.05, 0.1) is 17.3 Å². The first-order chi connectivity index (χ1) is 13.3. The van der Waals surface area contributed by atoms with Crippen LogP contribution in [0.4, 0.5) is 10.1 Å². The van der Waals surface area contributed by atoms with Crippen molar-refractivity contribution in [2.75, 3.05) is 5.32 Å². The van der Waals surface area contributed by atoms with E-state index in [1.54, 1.807) is 12.3 Å². The number of carbonyl (C=O) groups is 1. The summed E-state index contributed by atoms with van der Waals surface area (Å²) in [7, 11) is 0. The number of para-hydroxylation sites is 1. The summed E-state index contributed by atoms with van der Waals surface area (Å²) in [5, 5.41) is 3.78. The first-order valence-corrected chi connectivity index (χ1v) is 9.69. The van der Waals surface area contributed by atoms with Crippen LogP contribution < -0.4 is 5.32 Å². The molecule has 3 aromatic rings. The number of benzene rings is 2. The number of amides is 1. The molecule has 0 fully saturated rings. The molecule has 28 heavy (non-hydrogen) atoms. The highest BCUT2D eigenvalue weighted by Crippen LogP contribution is 2.33. The zero-order chi connectivity index (χ0) is 20.3. The van der Waals surface area contributed by atoms with Crippen LogP contribution in [0.2, 0.25) is 0 Å². The third-order valence-corrected chi connectivity index (χ3v) is 5.21. The Bertz CT molecular complexity index is 985. The molecule has 0 radical (unpaired) electrons. The summed E-state index contributed by atoms with van der Waals surface area (Å²) in [5.41, 5.74) is 2.36. The van der Waals surface area contributed by atoms with Crippen LogP contribution in [-0.2, 0) is 11.2 Å².